The first-order chi connectivity index (χ1) is 9.41. The number of hydrogen-bond donors (Lipinski definition) is 1. The Kier molecular flexibility index (Phi) is 5.53. The van der Waals surface area contributed by atoms with E-state index in [9.17, 15) is 0 Å². The molecule has 0 heterocycles. The first kappa shape index (κ1) is 16.3. The molecule has 4 atom stereocenters. The lowest BCUT2D eigenvalue weighted by molar-refractivity contribution is 0.0679. The lowest BCUT2D eigenvalue weighted by Crippen LogP contribution is -2.56. The lowest BCUT2D eigenvalue weighted by atomic mass is 9.74. The van der Waals surface area contributed by atoms with E-state index >= 15 is 0 Å². The quantitative estimate of drug-likeness (QED) is 0.840. The molecule has 4 unspecified atom stereocenters. The maximum Gasteiger partial charge on any atom is 0.0330 e. The van der Waals surface area contributed by atoms with Gasteiger partial charge in [-0.15, -0.1) is 0 Å². The van der Waals surface area contributed by atoms with Crippen LogP contribution in [0.4, 0.5) is 0 Å². The van der Waals surface area contributed by atoms with Crippen LogP contribution in [-0.2, 0) is 0 Å². The number of hydrogen-bond acceptors (Lipinski definition) is 2. The van der Waals surface area contributed by atoms with Gasteiger partial charge < -0.3 is 10.2 Å². The van der Waals surface area contributed by atoms with E-state index in [1.807, 2.05) is 0 Å². The van der Waals surface area contributed by atoms with Crippen molar-refractivity contribution in [3.63, 3.8) is 0 Å². The van der Waals surface area contributed by atoms with E-state index < -0.39 is 0 Å². The Bertz CT molecular complexity index is 292. The fourth-order valence-corrected chi connectivity index (χ4v) is 4.81. The molecule has 0 aromatic rings. The molecule has 2 saturated carbocycles. The lowest BCUT2D eigenvalue weighted by Gasteiger charge is -2.46. The molecule has 0 amide bonds. The molecule has 2 aliphatic rings. The minimum Gasteiger partial charge on any atom is -0.312 e. The van der Waals surface area contributed by atoms with E-state index in [2.05, 4.69) is 45.1 Å². The molecule has 0 radical (unpaired) electrons. The van der Waals surface area contributed by atoms with E-state index in [1.165, 1.54) is 51.5 Å². The Morgan fingerprint density at radius 1 is 1.00 bits per heavy atom. The summed E-state index contributed by atoms with van der Waals surface area (Å²) >= 11 is 0. The van der Waals surface area contributed by atoms with Gasteiger partial charge in [-0.1, -0.05) is 33.6 Å². The zero-order valence-electron chi connectivity index (χ0n) is 14.4. The van der Waals surface area contributed by atoms with Crippen LogP contribution in [0.1, 0.15) is 65.7 Å². The predicted octanol–water partition coefficient (Wildman–Crippen LogP) is 3.91. The summed E-state index contributed by atoms with van der Waals surface area (Å²) in [5.74, 6) is 2.69. The molecular weight excluding hydrogens is 244 g/mol. The van der Waals surface area contributed by atoms with Crippen LogP contribution in [0, 0.1) is 17.8 Å². The molecule has 118 valence electrons. The number of nitrogens with zero attached hydrogens (tertiary/aromatic N) is 1. The molecule has 0 aromatic carbocycles. The summed E-state index contributed by atoms with van der Waals surface area (Å²) in [5.41, 5.74) is 0.404. The van der Waals surface area contributed by atoms with E-state index in [-0.39, 0.29) is 0 Å². The Morgan fingerprint density at radius 3 is 2.20 bits per heavy atom. The SMILES string of the molecule is CC1CC(C)CC(NCC2(N(C)C)CCCC(C)C2)C1. The monoisotopic (exact) mass is 280 g/mol. The van der Waals surface area contributed by atoms with Crippen LogP contribution in [0.3, 0.4) is 0 Å². The summed E-state index contributed by atoms with van der Waals surface area (Å²) in [5, 5.41) is 3.95. The van der Waals surface area contributed by atoms with Crippen LogP contribution in [-0.4, -0.2) is 37.1 Å². The van der Waals surface area contributed by atoms with Gasteiger partial charge in [0, 0.05) is 18.1 Å². The van der Waals surface area contributed by atoms with Crippen molar-refractivity contribution in [1.82, 2.24) is 10.2 Å². The topological polar surface area (TPSA) is 15.3 Å². The predicted molar refractivity (Wildman–Crippen MR) is 88.0 cm³/mol. The van der Waals surface area contributed by atoms with Crippen LogP contribution in [0.25, 0.3) is 0 Å². The maximum atomic E-state index is 3.95. The second-order valence-corrected chi connectivity index (χ2v) is 8.32. The zero-order chi connectivity index (χ0) is 14.8. The highest BCUT2D eigenvalue weighted by atomic mass is 15.2. The average molecular weight is 281 g/mol. The van der Waals surface area contributed by atoms with E-state index in [1.54, 1.807) is 0 Å². The third-order valence-electron chi connectivity index (χ3n) is 5.91. The van der Waals surface area contributed by atoms with Gasteiger partial charge in [-0.05, 0) is 64.0 Å². The molecular formula is C18H36N2. The smallest absolute Gasteiger partial charge is 0.0330 e. The highest BCUT2D eigenvalue weighted by Gasteiger charge is 2.37. The summed E-state index contributed by atoms with van der Waals surface area (Å²) < 4.78 is 0. The highest BCUT2D eigenvalue weighted by molar-refractivity contribution is 4.96. The minimum absolute atomic E-state index is 0.404. The van der Waals surface area contributed by atoms with Crippen molar-refractivity contribution in [2.75, 3.05) is 20.6 Å². The summed E-state index contributed by atoms with van der Waals surface area (Å²) in [6, 6.07) is 0.753. The van der Waals surface area contributed by atoms with E-state index in [4.69, 9.17) is 0 Å². The minimum atomic E-state index is 0.404. The normalized spacial score (nSPS) is 42.9. The van der Waals surface area contributed by atoms with Gasteiger partial charge in [0.05, 0.1) is 0 Å². The third kappa shape index (κ3) is 3.98. The van der Waals surface area contributed by atoms with Gasteiger partial charge in [0.15, 0.2) is 0 Å². The van der Waals surface area contributed by atoms with Gasteiger partial charge in [0.1, 0.15) is 0 Å². The number of likely N-dealkylation sites (N-methyl/N-ethyl adjacent to an activating group) is 1. The van der Waals surface area contributed by atoms with Gasteiger partial charge in [-0.2, -0.15) is 0 Å². The highest BCUT2D eigenvalue weighted by Crippen LogP contribution is 2.36. The van der Waals surface area contributed by atoms with Crippen molar-refractivity contribution in [3.05, 3.63) is 0 Å². The Morgan fingerprint density at radius 2 is 1.65 bits per heavy atom. The van der Waals surface area contributed by atoms with Gasteiger partial charge in [-0.25, -0.2) is 0 Å². The summed E-state index contributed by atoms with van der Waals surface area (Å²) in [7, 11) is 4.57. The van der Waals surface area contributed by atoms with Crippen molar-refractivity contribution < 1.29 is 0 Å². The van der Waals surface area contributed by atoms with Gasteiger partial charge in [0.2, 0.25) is 0 Å². The van der Waals surface area contributed by atoms with Gasteiger partial charge in [-0.3, -0.25) is 0 Å². The first-order valence-electron chi connectivity index (χ1n) is 8.82. The van der Waals surface area contributed by atoms with E-state index in [0.29, 0.717) is 5.54 Å². The van der Waals surface area contributed by atoms with Crippen molar-refractivity contribution in [1.29, 1.82) is 0 Å². The molecule has 2 aliphatic carbocycles. The first-order valence-corrected chi connectivity index (χ1v) is 8.82. The second-order valence-electron chi connectivity index (χ2n) is 8.32. The molecule has 2 nitrogen and oxygen atoms in total. The molecule has 0 spiro atoms. The fraction of sp³-hybridized carbons (Fsp3) is 1.00. The molecule has 0 aromatic heterocycles. The van der Waals surface area contributed by atoms with Gasteiger partial charge in [0.25, 0.3) is 0 Å². The van der Waals surface area contributed by atoms with Crippen LogP contribution in [0.15, 0.2) is 0 Å². The summed E-state index contributed by atoms with van der Waals surface area (Å²) in [4.78, 5) is 2.51. The molecule has 2 rings (SSSR count). The van der Waals surface area contributed by atoms with Crippen LogP contribution < -0.4 is 5.32 Å². The maximum absolute atomic E-state index is 3.95. The fourth-order valence-electron chi connectivity index (χ4n) is 4.81. The average Bonchev–Trinajstić information content (AvgIpc) is 2.35. The Labute approximate surface area is 126 Å². The molecule has 2 heteroatoms. The molecule has 0 aliphatic heterocycles. The second kappa shape index (κ2) is 6.79. The standard InChI is InChI=1S/C18H36N2/c1-14-7-6-8-18(12-14,20(4)5)13-19-17-10-15(2)9-16(3)11-17/h14-17,19H,6-13H2,1-5H3. The van der Waals surface area contributed by atoms with Crippen molar-refractivity contribution in [2.45, 2.75) is 77.3 Å². The van der Waals surface area contributed by atoms with Crippen molar-refractivity contribution in [3.8, 4) is 0 Å². The Hall–Kier alpha value is -0.0800. The van der Waals surface area contributed by atoms with Crippen molar-refractivity contribution >= 4 is 0 Å². The number of nitrogens with one attached hydrogen (secondary N) is 1. The molecule has 0 bridgehead atoms. The van der Waals surface area contributed by atoms with E-state index in [0.717, 1.165) is 23.8 Å². The van der Waals surface area contributed by atoms with Gasteiger partial charge >= 0.3 is 0 Å². The number of rotatable bonds is 4. The van der Waals surface area contributed by atoms with Crippen molar-refractivity contribution in [2.24, 2.45) is 17.8 Å². The van der Waals surface area contributed by atoms with Crippen LogP contribution >= 0.6 is 0 Å². The molecule has 1 N–H and O–H groups in total. The molecule has 0 saturated heterocycles. The van der Waals surface area contributed by atoms with Crippen LogP contribution in [0.5, 0.6) is 0 Å². The largest absolute Gasteiger partial charge is 0.312 e. The summed E-state index contributed by atoms with van der Waals surface area (Å²) in [6.45, 7) is 8.47. The molecule has 20 heavy (non-hydrogen) atoms. The Balaban J connectivity index is 1.92. The third-order valence-corrected chi connectivity index (χ3v) is 5.91. The van der Waals surface area contributed by atoms with Crippen LogP contribution in [0.2, 0.25) is 0 Å². The molecule has 2 fully saturated rings. The zero-order valence-corrected chi connectivity index (χ0v) is 14.4. The summed E-state index contributed by atoms with van der Waals surface area (Å²) in [6.07, 6.45) is 9.74.